The summed E-state index contributed by atoms with van der Waals surface area (Å²) in [5.41, 5.74) is 1.06. The third-order valence-corrected chi connectivity index (χ3v) is 3.17. The van der Waals surface area contributed by atoms with E-state index < -0.39 is 0 Å². The van der Waals surface area contributed by atoms with E-state index in [0.29, 0.717) is 18.0 Å². The van der Waals surface area contributed by atoms with Crippen molar-refractivity contribution in [2.75, 3.05) is 20.8 Å². The van der Waals surface area contributed by atoms with Crippen LogP contribution in [0.25, 0.3) is 0 Å². The molecule has 1 unspecified atom stereocenters. The van der Waals surface area contributed by atoms with Crippen molar-refractivity contribution in [3.63, 3.8) is 0 Å². The van der Waals surface area contributed by atoms with Gasteiger partial charge in [0.15, 0.2) is 11.5 Å². The number of nitrogens with one attached hydrogen (secondary N) is 1. The Balaban J connectivity index is 2.54. The van der Waals surface area contributed by atoms with E-state index in [1.54, 1.807) is 26.5 Å². The highest BCUT2D eigenvalue weighted by atomic mass is 35.5. The van der Waals surface area contributed by atoms with Crippen LogP contribution in [0.4, 0.5) is 0 Å². The number of rotatable bonds is 7. The molecule has 20 heavy (non-hydrogen) atoms. The lowest BCUT2D eigenvalue weighted by molar-refractivity contribution is 0.346. The summed E-state index contributed by atoms with van der Waals surface area (Å²) in [6.45, 7) is 7.91. The Morgan fingerprint density at radius 2 is 2.00 bits per heavy atom. The Bertz CT molecular complexity index is 419. The SMILES string of the molecule is COc1ccnc(CNCC(Cl)CC(C)(C)C)c1OC. The lowest BCUT2D eigenvalue weighted by atomic mass is 9.90. The summed E-state index contributed by atoms with van der Waals surface area (Å²) in [6, 6.07) is 1.78. The van der Waals surface area contributed by atoms with Crippen LogP contribution in [0.15, 0.2) is 12.3 Å². The number of nitrogens with zero attached hydrogens (tertiary/aromatic N) is 1. The van der Waals surface area contributed by atoms with E-state index >= 15 is 0 Å². The molecule has 0 saturated heterocycles. The molecular formula is C15H25ClN2O2. The van der Waals surface area contributed by atoms with Crippen molar-refractivity contribution in [3.8, 4) is 11.5 Å². The van der Waals surface area contributed by atoms with Crippen LogP contribution in [-0.2, 0) is 6.54 Å². The molecule has 0 fully saturated rings. The molecule has 0 saturated carbocycles. The molecule has 1 rings (SSSR count). The number of pyridine rings is 1. The molecule has 1 aromatic rings. The summed E-state index contributed by atoms with van der Waals surface area (Å²) in [5, 5.41) is 3.42. The summed E-state index contributed by atoms with van der Waals surface area (Å²) in [6.07, 6.45) is 2.68. The number of ether oxygens (including phenoxy) is 2. The van der Waals surface area contributed by atoms with Gasteiger partial charge in [0.2, 0.25) is 0 Å². The van der Waals surface area contributed by atoms with Gasteiger partial charge in [-0.15, -0.1) is 11.6 Å². The molecule has 0 amide bonds. The van der Waals surface area contributed by atoms with Crippen molar-refractivity contribution >= 4 is 11.6 Å². The normalized spacial score (nSPS) is 13.1. The first-order valence-electron chi connectivity index (χ1n) is 6.78. The molecule has 5 heteroatoms. The molecule has 0 aromatic carbocycles. The van der Waals surface area contributed by atoms with E-state index in [-0.39, 0.29) is 10.8 Å². The zero-order chi connectivity index (χ0) is 15.2. The minimum atomic E-state index is 0.103. The number of aromatic nitrogens is 1. The van der Waals surface area contributed by atoms with Crippen molar-refractivity contribution in [1.29, 1.82) is 0 Å². The van der Waals surface area contributed by atoms with Crippen LogP contribution < -0.4 is 14.8 Å². The fourth-order valence-corrected chi connectivity index (χ4v) is 2.63. The van der Waals surface area contributed by atoms with Crippen molar-refractivity contribution in [3.05, 3.63) is 18.0 Å². The van der Waals surface area contributed by atoms with Gasteiger partial charge in [-0.25, -0.2) is 0 Å². The maximum atomic E-state index is 6.33. The number of hydrogen-bond donors (Lipinski definition) is 1. The Hall–Kier alpha value is -1.00. The van der Waals surface area contributed by atoms with Gasteiger partial charge in [-0.1, -0.05) is 20.8 Å². The van der Waals surface area contributed by atoms with E-state index in [0.717, 1.165) is 18.7 Å². The van der Waals surface area contributed by atoms with E-state index in [4.69, 9.17) is 21.1 Å². The molecule has 0 aliphatic carbocycles. The van der Waals surface area contributed by atoms with E-state index in [9.17, 15) is 0 Å². The van der Waals surface area contributed by atoms with E-state index in [1.807, 2.05) is 0 Å². The standard InChI is InChI=1S/C15H25ClN2O2/c1-15(2,3)8-11(16)9-17-10-12-14(20-5)13(19-4)6-7-18-12/h6-7,11,17H,8-10H2,1-5H3. The number of hydrogen-bond acceptors (Lipinski definition) is 4. The third kappa shape index (κ3) is 5.55. The van der Waals surface area contributed by atoms with Crippen LogP contribution in [-0.4, -0.2) is 31.1 Å². The van der Waals surface area contributed by atoms with Crippen molar-refractivity contribution < 1.29 is 9.47 Å². The van der Waals surface area contributed by atoms with Crippen LogP contribution in [0.1, 0.15) is 32.9 Å². The maximum absolute atomic E-state index is 6.33. The molecular weight excluding hydrogens is 276 g/mol. The summed E-state index contributed by atoms with van der Waals surface area (Å²) in [5.74, 6) is 1.36. The van der Waals surface area contributed by atoms with Gasteiger partial charge in [0.05, 0.1) is 19.9 Å². The number of methoxy groups -OCH3 is 2. The zero-order valence-electron chi connectivity index (χ0n) is 13.0. The number of alkyl halides is 1. The predicted molar refractivity (Wildman–Crippen MR) is 82.8 cm³/mol. The van der Waals surface area contributed by atoms with Crippen molar-refractivity contribution in [2.45, 2.75) is 39.1 Å². The molecule has 1 heterocycles. The largest absolute Gasteiger partial charge is 0.493 e. The van der Waals surface area contributed by atoms with Crippen molar-refractivity contribution in [1.82, 2.24) is 10.3 Å². The predicted octanol–water partition coefficient (Wildman–Crippen LogP) is 3.23. The first-order chi connectivity index (χ1) is 9.37. The first kappa shape index (κ1) is 17.1. The second-order valence-corrected chi connectivity index (χ2v) is 6.60. The zero-order valence-corrected chi connectivity index (χ0v) is 13.8. The molecule has 0 aliphatic rings. The van der Waals surface area contributed by atoms with Crippen LogP contribution in [0, 0.1) is 5.41 Å². The molecule has 0 radical (unpaired) electrons. The monoisotopic (exact) mass is 300 g/mol. The molecule has 1 atom stereocenters. The first-order valence-corrected chi connectivity index (χ1v) is 7.21. The lowest BCUT2D eigenvalue weighted by Gasteiger charge is -2.22. The second kappa shape index (κ2) is 7.70. The average molecular weight is 301 g/mol. The van der Waals surface area contributed by atoms with Crippen LogP contribution in [0.5, 0.6) is 11.5 Å². The maximum Gasteiger partial charge on any atom is 0.183 e. The van der Waals surface area contributed by atoms with Gasteiger partial charge in [-0.05, 0) is 11.8 Å². The molecule has 4 nitrogen and oxygen atoms in total. The Morgan fingerprint density at radius 1 is 1.30 bits per heavy atom. The fourth-order valence-electron chi connectivity index (χ4n) is 2.06. The molecule has 0 spiro atoms. The highest BCUT2D eigenvalue weighted by molar-refractivity contribution is 6.20. The molecule has 1 N–H and O–H groups in total. The average Bonchev–Trinajstić information content (AvgIpc) is 2.36. The van der Waals surface area contributed by atoms with Gasteiger partial charge in [-0.3, -0.25) is 4.98 Å². The van der Waals surface area contributed by atoms with Crippen LogP contribution in [0.2, 0.25) is 0 Å². The second-order valence-electron chi connectivity index (χ2n) is 5.99. The van der Waals surface area contributed by atoms with Gasteiger partial charge in [-0.2, -0.15) is 0 Å². The highest BCUT2D eigenvalue weighted by Crippen LogP contribution is 2.29. The van der Waals surface area contributed by atoms with E-state index in [1.165, 1.54) is 0 Å². The van der Waals surface area contributed by atoms with Gasteiger partial charge < -0.3 is 14.8 Å². The van der Waals surface area contributed by atoms with Crippen LogP contribution >= 0.6 is 11.6 Å². The molecule has 0 bridgehead atoms. The van der Waals surface area contributed by atoms with Crippen molar-refractivity contribution in [2.24, 2.45) is 5.41 Å². The lowest BCUT2D eigenvalue weighted by Crippen LogP contribution is -2.26. The summed E-state index contributed by atoms with van der Waals surface area (Å²) in [7, 11) is 3.24. The van der Waals surface area contributed by atoms with Gasteiger partial charge >= 0.3 is 0 Å². The Kier molecular flexibility index (Phi) is 6.56. The van der Waals surface area contributed by atoms with Gasteiger partial charge in [0.25, 0.3) is 0 Å². The minimum Gasteiger partial charge on any atom is -0.493 e. The quantitative estimate of drug-likeness (QED) is 0.785. The topological polar surface area (TPSA) is 43.4 Å². The third-order valence-electron chi connectivity index (χ3n) is 2.86. The highest BCUT2D eigenvalue weighted by Gasteiger charge is 2.17. The smallest absolute Gasteiger partial charge is 0.183 e. The van der Waals surface area contributed by atoms with Crippen LogP contribution in [0.3, 0.4) is 0 Å². The minimum absolute atomic E-state index is 0.103. The number of halogens is 1. The molecule has 0 aliphatic heterocycles. The summed E-state index contributed by atoms with van der Waals surface area (Å²) < 4.78 is 10.6. The summed E-state index contributed by atoms with van der Waals surface area (Å²) >= 11 is 6.33. The molecule has 114 valence electrons. The van der Waals surface area contributed by atoms with E-state index in [2.05, 4.69) is 31.1 Å². The Labute approximate surface area is 126 Å². The molecule has 1 aromatic heterocycles. The Morgan fingerprint density at radius 3 is 2.55 bits per heavy atom. The van der Waals surface area contributed by atoms with Gasteiger partial charge in [0, 0.05) is 30.7 Å². The fraction of sp³-hybridized carbons (Fsp3) is 0.667. The summed E-state index contributed by atoms with van der Waals surface area (Å²) in [4.78, 5) is 4.32. The van der Waals surface area contributed by atoms with Gasteiger partial charge in [0.1, 0.15) is 0 Å².